The zero-order valence-corrected chi connectivity index (χ0v) is 9.12. The molecule has 0 radical (unpaired) electrons. The predicted octanol–water partition coefficient (Wildman–Crippen LogP) is 2.51. The molecule has 0 aliphatic rings. The van der Waals surface area contributed by atoms with Crippen molar-refractivity contribution < 1.29 is 0 Å². The maximum absolute atomic E-state index is 5.88. The van der Waals surface area contributed by atoms with Gasteiger partial charge in [-0.3, -0.25) is 0 Å². The lowest BCUT2D eigenvalue weighted by atomic mass is 10.1. The van der Waals surface area contributed by atoms with Crippen LogP contribution in [0, 0.1) is 0 Å². The Kier molecular flexibility index (Phi) is 2.32. The van der Waals surface area contributed by atoms with Crippen LogP contribution in [0.3, 0.4) is 0 Å². The second-order valence-corrected chi connectivity index (χ2v) is 3.93. The van der Waals surface area contributed by atoms with Gasteiger partial charge in [-0.05, 0) is 18.2 Å². The van der Waals surface area contributed by atoms with Crippen molar-refractivity contribution in [2.45, 2.75) is 0 Å². The minimum atomic E-state index is 0.493. The van der Waals surface area contributed by atoms with Crippen LogP contribution in [0.2, 0.25) is 5.02 Å². The van der Waals surface area contributed by atoms with E-state index in [9.17, 15) is 0 Å². The van der Waals surface area contributed by atoms with Gasteiger partial charge in [-0.1, -0.05) is 11.6 Å². The Hall–Kier alpha value is -1.61. The van der Waals surface area contributed by atoms with Gasteiger partial charge in [0, 0.05) is 36.3 Å². The Morgan fingerprint density at radius 3 is 2.53 bits per heavy atom. The molecule has 1 aromatic carbocycles. The van der Waals surface area contributed by atoms with E-state index in [1.165, 1.54) is 0 Å². The number of aryl methyl sites for hydroxylation is 1. The Morgan fingerprint density at radius 1 is 1.20 bits per heavy atom. The van der Waals surface area contributed by atoms with Crippen LogP contribution in [0.15, 0.2) is 30.6 Å². The summed E-state index contributed by atoms with van der Waals surface area (Å²) in [5.41, 5.74) is 14.8. The third kappa shape index (κ3) is 1.78. The number of nitrogens with two attached hydrogens (primary N) is 2. The minimum absolute atomic E-state index is 0.493. The molecule has 0 amide bonds. The normalized spacial score (nSPS) is 10.5. The molecule has 0 unspecified atom stereocenters. The lowest BCUT2D eigenvalue weighted by Gasteiger charge is -2.06. The van der Waals surface area contributed by atoms with Crippen molar-refractivity contribution in [2.24, 2.45) is 7.05 Å². The van der Waals surface area contributed by atoms with E-state index >= 15 is 0 Å². The second-order valence-electron chi connectivity index (χ2n) is 3.53. The van der Waals surface area contributed by atoms with Gasteiger partial charge in [-0.25, -0.2) is 0 Å². The molecule has 78 valence electrons. The van der Waals surface area contributed by atoms with Gasteiger partial charge in [-0.15, -0.1) is 0 Å². The summed E-state index contributed by atoms with van der Waals surface area (Å²) in [7, 11) is 1.96. The molecule has 0 aliphatic heterocycles. The molecule has 0 fully saturated rings. The largest absolute Gasteiger partial charge is 0.398 e. The number of benzene rings is 1. The SMILES string of the molecule is Cn1ccc(-c2cc(N)c(Cl)cc2N)c1. The van der Waals surface area contributed by atoms with Crippen LogP contribution < -0.4 is 11.5 Å². The zero-order valence-electron chi connectivity index (χ0n) is 8.37. The van der Waals surface area contributed by atoms with Crippen LogP contribution >= 0.6 is 11.6 Å². The quantitative estimate of drug-likeness (QED) is 0.727. The lowest BCUT2D eigenvalue weighted by Crippen LogP contribution is -1.93. The van der Waals surface area contributed by atoms with Gasteiger partial charge in [0.05, 0.1) is 10.7 Å². The highest BCUT2D eigenvalue weighted by Crippen LogP contribution is 2.32. The van der Waals surface area contributed by atoms with E-state index in [0.29, 0.717) is 16.4 Å². The lowest BCUT2D eigenvalue weighted by molar-refractivity contribution is 0.928. The van der Waals surface area contributed by atoms with Crippen LogP contribution in [0.25, 0.3) is 11.1 Å². The number of hydrogen-bond donors (Lipinski definition) is 2. The van der Waals surface area contributed by atoms with Crippen molar-refractivity contribution in [1.29, 1.82) is 0 Å². The average Bonchev–Trinajstić information content (AvgIpc) is 2.58. The summed E-state index contributed by atoms with van der Waals surface area (Å²) in [6.45, 7) is 0. The smallest absolute Gasteiger partial charge is 0.0656 e. The summed E-state index contributed by atoms with van der Waals surface area (Å²) in [5.74, 6) is 0. The molecule has 0 saturated heterocycles. The third-order valence-corrected chi connectivity index (χ3v) is 2.64. The van der Waals surface area contributed by atoms with E-state index in [1.807, 2.05) is 30.1 Å². The first-order valence-corrected chi connectivity index (χ1v) is 4.92. The first kappa shape index (κ1) is 9.93. The van der Waals surface area contributed by atoms with E-state index in [1.54, 1.807) is 12.1 Å². The van der Waals surface area contributed by atoms with E-state index in [2.05, 4.69) is 0 Å². The summed E-state index contributed by atoms with van der Waals surface area (Å²) in [6.07, 6.45) is 3.94. The number of rotatable bonds is 1. The second kappa shape index (κ2) is 3.51. The molecule has 0 bridgehead atoms. The fourth-order valence-corrected chi connectivity index (χ4v) is 1.69. The third-order valence-electron chi connectivity index (χ3n) is 2.31. The summed E-state index contributed by atoms with van der Waals surface area (Å²) in [6, 6.07) is 5.46. The highest BCUT2D eigenvalue weighted by atomic mass is 35.5. The molecule has 2 aromatic rings. The van der Waals surface area contributed by atoms with Crippen molar-refractivity contribution in [2.75, 3.05) is 11.5 Å². The number of hydrogen-bond acceptors (Lipinski definition) is 2. The Bertz CT molecular complexity index is 503. The average molecular weight is 222 g/mol. The number of anilines is 2. The maximum atomic E-state index is 5.88. The van der Waals surface area contributed by atoms with Gasteiger partial charge in [-0.2, -0.15) is 0 Å². The van der Waals surface area contributed by atoms with E-state index in [4.69, 9.17) is 23.1 Å². The van der Waals surface area contributed by atoms with E-state index < -0.39 is 0 Å². The summed E-state index contributed by atoms with van der Waals surface area (Å²) in [4.78, 5) is 0. The van der Waals surface area contributed by atoms with Gasteiger partial charge in [0.1, 0.15) is 0 Å². The molecular formula is C11H12ClN3. The Balaban J connectivity index is 2.58. The molecule has 1 heterocycles. The highest BCUT2D eigenvalue weighted by molar-refractivity contribution is 6.33. The molecule has 0 atom stereocenters. The van der Waals surface area contributed by atoms with Crippen molar-refractivity contribution >= 4 is 23.0 Å². The fourth-order valence-electron chi connectivity index (χ4n) is 1.52. The summed E-state index contributed by atoms with van der Waals surface area (Å²) >= 11 is 5.87. The van der Waals surface area contributed by atoms with Gasteiger partial charge in [0.15, 0.2) is 0 Å². The molecule has 2 rings (SSSR count). The predicted molar refractivity (Wildman–Crippen MR) is 64.7 cm³/mol. The van der Waals surface area contributed by atoms with Crippen LogP contribution in [0.1, 0.15) is 0 Å². The van der Waals surface area contributed by atoms with Crippen molar-refractivity contribution in [3.8, 4) is 11.1 Å². The van der Waals surface area contributed by atoms with Gasteiger partial charge >= 0.3 is 0 Å². The molecule has 0 spiro atoms. The molecule has 3 nitrogen and oxygen atoms in total. The monoisotopic (exact) mass is 221 g/mol. The van der Waals surface area contributed by atoms with Gasteiger partial charge in [0.2, 0.25) is 0 Å². The van der Waals surface area contributed by atoms with E-state index in [-0.39, 0.29) is 0 Å². The molecule has 1 aromatic heterocycles. The number of aromatic nitrogens is 1. The Morgan fingerprint density at radius 2 is 1.93 bits per heavy atom. The van der Waals surface area contributed by atoms with Crippen molar-refractivity contribution in [3.63, 3.8) is 0 Å². The van der Waals surface area contributed by atoms with Crippen LogP contribution in [0.5, 0.6) is 0 Å². The first-order chi connectivity index (χ1) is 7.08. The van der Waals surface area contributed by atoms with Crippen LogP contribution in [0.4, 0.5) is 11.4 Å². The molecular weight excluding hydrogens is 210 g/mol. The van der Waals surface area contributed by atoms with Crippen molar-refractivity contribution in [1.82, 2.24) is 4.57 Å². The van der Waals surface area contributed by atoms with Crippen molar-refractivity contribution in [3.05, 3.63) is 35.6 Å². The maximum Gasteiger partial charge on any atom is 0.0656 e. The first-order valence-electron chi connectivity index (χ1n) is 4.55. The van der Waals surface area contributed by atoms with Crippen LogP contribution in [-0.4, -0.2) is 4.57 Å². The zero-order chi connectivity index (χ0) is 11.0. The van der Waals surface area contributed by atoms with Gasteiger partial charge < -0.3 is 16.0 Å². The van der Waals surface area contributed by atoms with Crippen LogP contribution in [-0.2, 0) is 7.05 Å². The molecule has 0 aliphatic carbocycles. The van der Waals surface area contributed by atoms with E-state index in [0.717, 1.165) is 11.1 Å². The minimum Gasteiger partial charge on any atom is -0.398 e. The summed E-state index contributed by atoms with van der Waals surface area (Å²) in [5, 5.41) is 0.493. The van der Waals surface area contributed by atoms with Gasteiger partial charge in [0.25, 0.3) is 0 Å². The molecule has 4 N–H and O–H groups in total. The summed E-state index contributed by atoms with van der Waals surface area (Å²) < 4.78 is 1.96. The molecule has 4 heteroatoms. The molecule has 15 heavy (non-hydrogen) atoms. The fraction of sp³-hybridized carbons (Fsp3) is 0.0909. The number of halogens is 1. The number of nitrogens with zero attached hydrogens (tertiary/aromatic N) is 1. The molecule has 0 saturated carbocycles. The Labute approximate surface area is 93.3 Å². The highest BCUT2D eigenvalue weighted by Gasteiger charge is 2.07. The number of nitrogen functional groups attached to an aromatic ring is 2. The topological polar surface area (TPSA) is 57.0 Å². The standard InChI is InChI=1S/C11H12ClN3/c1-15-3-2-7(6-15)8-4-11(14)9(12)5-10(8)13/h2-6H,13-14H2,1H3.